The van der Waals surface area contributed by atoms with Crippen molar-refractivity contribution in [1.29, 1.82) is 0 Å². The monoisotopic (exact) mass is 247 g/mol. The van der Waals surface area contributed by atoms with E-state index in [1.807, 2.05) is 6.07 Å². The molecule has 18 heavy (non-hydrogen) atoms. The fraction of sp³-hybridized carbons (Fsp3) is 0.600. The smallest absolute Gasteiger partial charge is 0.128 e. The summed E-state index contributed by atoms with van der Waals surface area (Å²) in [5, 5.41) is 14.4. The second kappa shape index (κ2) is 4.56. The van der Waals surface area contributed by atoms with E-state index in [1.54, 1.807) is 0 Å². The number of fused-ring (bicyclic) bond motifs is 1. The van der Waals surface area contributed by atoms with E-state index in [-0.39, 0.29) is 5.92 Å². The largest absolute Gasteiger partial charge is 0.493 e. The lowest BCUT2D eigenvalue weighted by Gasteiger charge is -2.40. The SMILES string of the molecule is CC1CNCCC1(O)c1cccc2c1OCCC2. The first kappa shape index (κ1) is 12.0. The number of aryl methyl sites for hydroxylation is 1. The van der Waals surface area contributed by atoms with Gasteiger partial charge in [-0.15, -0.1) is 0 Å². The van der Waals surface area contributed by atoms with E-state index >= 15 is 0 Å². The van der Waals surface area contributed by atoms with Crippen LogP contribution in [0.25, 0.3) is 0 Å². The number of ether oxygens (including phenoxy) is 1. The first-order chi connectivity index (χ1) is 8.72. The van der Waals surface area contributed by atoms with Crippen LogP contribution in [0.5, 0.6) is 5.75 Å². The first-order valence-electron chi connectivity index (χ1n) is 6.90. The molecule has 0 aliphatic carbocycles. The normalized spacial score (nSPS) is 31.6. The Morgan fingerprint density at radius 3 is 3.17 bits per heavy atom. The third kappa shape index (κ3) is 1.82. The minimum Gasteiger partial charge on any atom is -0.493 e. The van der Waals surface area contributed by atoms with Gasteiger partial charge in [0.15, 0.2) is 0 Å². The number of para-hydroxylation sites is 1. The number of rotatable bonds is 1. The molecule has 1 saturated heterocycles. The average Bonchev–Trinajstić information content (AvgIpc) is 2.41. The van der Waals surface area contributed by atoms with E-state index in [4.69, 9.17) is 4.74 Å². The summed E-state index contributed by atoms with van der Waals surface area (Å²) < 4.78 is 5.84. The van der Waals surface area contributed by atoms with Crippen molar-refractivity contribution in [2.75, 3.05) is 19.7 Å². The van der Waals surface area contributed by atoms with Gasteiger partial charge in [0.2, 0.25) is 0 Å². The van der Waals surface area contributed by atoms with E-state index in [2.05, 4.69) is 24.4 Å². The fourth-order valence-electron chi connectivity index (χ4n) is 3.14. The molecule has 1 fully saturated rings. The molecule has 0 spiro atoms. The molecule has 2 aliphatic heterocycles. The Morgan fingerprint density at radius 2 is 2.33 bits per heavy atom. The highest BCUT2D eigenvalue weighted by Gasteiger charge is 2.40. The van der Waals surface area contributed by atoms with E-state index in [1.165, 1.54) is 5.56 Å². The average molecular weight is 247 g/mol. The zero-order chi connectivity index (χ0) is 12.6. The third-order valence-corrected chi connectivity index (χ3v) is 4.35. The van der Waals surface area contributed by atoms with Crippen molar-refractivity contribution >= 4 is 0 Å². The molecule has 3 rings (SSSR count). The molecule has 1 aromatic rings. The molecule has 2 aliphatic rings. The van der Waals surface area contributed by atoms with Crippen molar-refractivity contribution in [1.82, 2.24) is 5.32 Å². The Bertz CT molecular complexity index is 446. The third-order valence-electron chi connectivity index (χ3n) is 4.35. The number of aliphatic hydroxyl groups is 1. The molecule has 1 aromatic carbocycles. The van der Waals surface area contributed by atoms with Gasteiger partial charge < -0.3 is 15.2 Å². The molecule has 0 amide bonds. The van der Waals surface area contributed by atoms with Crippen LogP contribution in [0.15, 0.2) is 18.2 Å². The van der Waals surface area contributed by atoms with Crippen LogP contribution in [-0.2, 0) is 12.0 Å². The topological polar surface area (TPSA) is 41.5 Å². The summed E-state index contributed by atoms with van der Waals surface area (Å²) in [6.45, 7) is 4.60. The lowest BCUT2D eigenvalue weighted by Crippen LogP contribution is -2.47. The van der Waals surface area contributed by atoms with E-state index in [0.717, 1.165) is 50.3 Å². The molecular weight excluding hydrogens is 226 g/mol. The summed E-state index contributed by atoms with van der Waals surface area (Å²) in [6.07, 6.45) is 2.89. The Morgan fingerprint density at radius 1 is 1.44 bits per heavy atom. The van der Waals surface area contributed by atoms with Gasteiger partial charge in [0.1, 0.15) is 5.75 Å². The van der Waals surface area contributed by atoms with E-state index in [0.29, 0.717) is 0 Å². The standard InChI is InChI=1S/C15H21NO2/c1-11-10-16-8-7-15(11,17)13-6-2-4-12-5-3-9-18-14(12)13/h2,4,6,11,16-17H,3,5,7-10H2,1H3. The highest BCUT2D eigenvalue weighted by Crippen LogP contribution is 2.42. The second-order valence-corrected chi connectivity index (χ2v) is 5.53. The summed E-state index contributed by atoms with van der Waals surface area (Å²) in [5.74, 6) is 1.16. The Labute approximate surface area is 108 Å². The summed E-state index contributed by atoms with van der Waals surface area (Å²) in [4.78, 5) is 0. The molecule has 2 atom stereocenters. The number of hydrogen-bond donors (Lipinski definition) is 2. The number of nitrogens with one attached hydrogen (secondary N) is 1. The molecule has 2 heterocycles. The van der Waals surface area contributed by atoms with Crippen LogP contribution < -0.4 is 10.1 Å². The molecule has 2 unspecified atom stereocenters. The molecule has 0 bridgehead atoms. The number of piperidine rings is 1. The first-order valence-corrected chi connectivity index (χ1v) is 6.90. The van der Waals surface area contributed by atoms with Crippen molar-refractivity contribution in [3.63, 3.8) is 0 Å². The van der Waals surface area contributed by atoms with Gasteiger partial charge in [-0.2, -0.15) is 0 Å². The maximum absolute atomic E-state index is 11.0. The van der Waals surface area contributed by atoms with Gasteiger partial charge in [0.25, 0.3) is 0 Å². The predicted octanol–water partition coefficient (Wildman–Crippen LogP) is 1.83. The molecule has 3 heteroatoms. The van der Waals surface area contributed by atoms with Crippen LogP contribution in [0.2, 0.25) is 0 Å². The molecular formula is C15H21NO2. The summed E-state index contributed by atoms with van der Waals surface area (Å²) in [7, 11) is 0. The lowest BCUT2D eigenvalue weighted by molar-refractivity contribution is -0.0414. The molecule has 0 radical (unpaired) electrons. The van der Waals surface area contributed by atoms with Gasteiger partial charge in [-0.25, -0.2) is 0 Å². The molecule has 0 aromatic heterocycles. The molecule has 2 N–H and O–H groups in total. The van der Waals surface area contributed by atoms with Gasteiger partial charge in [-0.1, -0.05) is 25.1 Å². The van der Waals surface area contributed by atoms with Gasteiger partial charge in [0, 0.05) is 18.0 Å². The van der Waals surface area contributed by atoms with Crippen LogP contribution >= 0.6 is 0 Å². The van der Waals surface area contributed by atoms with Gasteiger partial charge in [-0.05, 0) is 31.4 Å². The van der Waals surface area contributed by atoms with Crippen molar-refractivity contribution in [2.45, 2.75) is 31.8 Å². The summed E-state index contributed by atoms with van der Waals surface area (Å²) >= 11 is 0. The fourth-order valence-corrected chi connectivity index (χ4v) is 3.14. The molecule has 0 saturated carbocycles. The Kier molecular flexibility index (Phi) is 3.04. The zero-order valence-corrected chi connectivity index (χ0v) is 10.9. The Balaban J connectivity index is 2.05. The Hall–Kier alpha value is -1.06. The van der Waals surface area contributed by atoms with Gasteiger partial charge in [-0.3, -0.25) is 0 Å². The maximum atomic E-state index is 11.0. The van der Waals surface area contributed by atoms with Crippen molar-refractivity contribution in [3.8, 4) is 5.75 Å². The van der Waals surface area contributed by atoms with Crippen molar-refractivity contribution in [3.05, 3.63) is 29.3 Å². The van der Waals surface area contributed by atoms with Crippen LogP contribution in [-0.4, -0.2) is 24.8 Å². The second-order valence-electron chi connectivity index (χ2n) is 5.53. The van der Waals surface area contributed by atoms with Gasteiger partial charge in [0.05, 0.1) is 12.2 Å². The maximum Gasteiger partial charge on any atom is 0.128 e. The number of benzene rings is 1. The van der Waals surface area contributed by atoms with E-state index < -0.39 is 5.60 Å². The zero-order valence-electron chi connectivity index (χ0n) is 10.9. The van der Waals surface area contributed by atoms with Crippen LogP contribution in [0, 0.1) is 5.92 Å². The number of hydrogen-bond acceptors (Lipinski definition) is 3. The van der Waals surface area contributed by atoms with Crippen LogP contribution in [0.3, 0.4) is 0 Å². The van der Waals surface area contributed by atoms with E-state index in [9.17, 15) is 5.11 Å². The highest BCUT2D eigenvalue weighted by atomic mass is 16.5. The lowest BCUT2D eigenvalue weighted by atomic mass is 9.76. The van der Waals surface area contributed by atoms with Crippen molar-refractivity contribution in [2.24, 2.45) is 5.92 Å². The minimum atomic E-state index is -0.742. The van der Waals surface area contributed by atoms with Gasteiger partial charge >= 0.3 is 0 Å². The highest BCUT2D eigenvalue weighted by molar-refractivity contribution is 5.46. The van der Waals surface area contributed by atoms with Crippen LogP contribution in [0.1, 0.15) is 30.9 Å². The molecule has 98 valence electrons. The quantitative estimate of drug-likeness (QED) is 0.795. The predicted molar refractivity (Wildman–Crippen MR) is 70.8 cm³/mol. The minimum absolute atomic E-state index is 0.211. The van der Waals surface area contributed by atoms with Crippen LogP contribution in [0.4, 0.5) is 0 Å². The van der Waals surface area contributed by atoms with Crippen molar-refractivity contribution < 1.29 is 9.84 Å². The molecule has 3 nitrogen and oxygen atoms in total. The summed E-state index contributed by atoms with van der Waals surface area (Å²) in [5.41, 5.74) is 1.50. The summed E-state index contributed by atoms with van der Waals surface area (Å²) in [6, 6.07) is 6.20.